The number of aromatic nitrogens is 5. The molecule has 0 bridgehead atoms. The van der Waals surface area contributed by atoms with Crippen molar-refractivity contribution in [3.63, 3.8) is 0 Å². The Bertz CT molecular complexity index is 1330. The Kier molecular flexibility index (Phi) is 7.17. The maximum atomic E-state index is 6.16. The molecule has 1 unspecified atom stereocenters. The molecule has 9 nitrogen and oxygen atoms in total. The van der Waals surface area contributed by atoms with Crippen LogP contribution in [0.25, 0.3) is 11.4 Å². The maximum Gasteiger partial charge on any atom is 0.205 e. The molecular weight excluding hydrogens is 480 g/mol. The van der Waals surface area contributed by atoms with Gasteiger partial charge in [-0.3, -0.25) is 4.98 Å². The SMILES string of the molecule is COc1ccc(N(Cc2cccnc2)c2ccc(-c3nnn(C4CCCCO4)n3)cc2)cc1OCC1CC1. The van der Waals surface area contributed by atoms with Gasteiger partial charge >= 0.3 is 0 Å². The number of pyridine rings is 1. The molecule has 0 N–H and O–H groups in total. The largest absolute Gasteiger partial charge is 0.493 e. The summed E-state index contributed by atoms with van der Waals surface area (Å²) in [7, 11) is 1.68. The van der Waals surface area contributed by atoms with Crippen LogP contribution in [0.4, 0.5) is 11.4 Å². The number of nitrogens with zero attached hydrogens (tertiary/aromatic N) is 6. The van der Waals surface area contributed by atoms with Gasteiger partial charge in [0.15, 0.2) is 17.7 Å². The summed E-state index contributed by atoms with van der Waals surface area (Å²) in [6.45, 7) is 2.10. The first-order valence-corrected chi connectivity index (χ1v) is 13.3. The molecule has 196 valence electrons. The molecule has 1 atom stereocenters. The molecule has 3 heterocycles. The number of methoxy groups -OCH3 is 1. The first-order valence-electron chi connectivity index (χ1n) is 13.3. The van der Waals surface area contributed by atoms with Gasteiger partial charge in [-0.15, -0.1) is 15.0 Å². The van der Waals surface area contributed by atoms with Crippen molar-refractivity contribution < 1.29 is 14.2 Å². The Morgan fingerprint density at radius 2 is 1.87 bits per heavy atom. The summed E-state index contributed by atoms with van der Waals surface area (Å²) in [4.78, 5) is 8.15. The van der Waals surface area contributed by atoms with Gasteiger partial charge < -0.3 is 19.1 Å². The van der Waals surface area contributed by atoms with Gasteiger partial charge in [-0.25, -0.2) is 0 Å². The maximum absolute atomic E-state index is 6.16. The van der Waals surface area contributed by atoms with Crippen LogP contribution in [-0.4, -0.2) is 45.5 Å². The van der Waals surface area contributed by atoms with Gasteiger partial charge in [0.25, 0.3) is 0 Å². The Balaban J connectivity index is 1.28. The fourth-order valence-corrected chi connectivity index (χ4v) is 4.60. The lowest BCUT2D eigenvalue weighted by Crippen LogP contribution is -2.20. The summed E-state index contributed by atoms with van der Waals surface area (Å²) < 4.78 is 17.5. The van der Waals surface area contributed by atoms with E-state index in [9.17, 15) is 0 Å². The third-order valence-electron chi connectivity index (χ3n) is 6.97. The molecule has 1 aliphatic heterocycles. The molecule has 6 rings (SSSR count). The highest BCUT2D eigenvalue weighted by Gasteiger charge is 2.23. The number of tetrazole rings is 1. The highest BCUT2D eigenvalue weighted by atomic mass is 16.5. The fraction of sp³-hybridized carbons (Fsp3) is 0.379. The predicted molar refractivity (Wildman–Crippen MR) is 143 cm³/mol. The van der Waals surface area contributed by atoms with E-state index in [0.29, 0.717) is 18.3 Å². The molecule has 9 heteroatoms. The van der Waals surface area contributed by atoms with Crippen LogP contribution in [0.2, 0.25) is 0 Å². The van der Waals surface area contributed by atoms with Crippen molar-refractivity contribution in [3.05, 3.63) is 72.6 Å². The van der Waals surface area contributed by atoms with E-state index in [2.05, 4.69) is 55.6 Å². The molecule has 0 amide bonds. The Morgan fingerprint density at radius 1 is 1.00 bits per heavy atom. The van der Waals surface area contributed by atoms with E-state index < -0.39 is 0 Å². The van der Waals surface area contributed by atoms with E-state index in [4.69, 9.17) is 14.2 Å². The summed E-state index contributed by atoms with van der Waals surface area (Å²) in [6, 6.07) is 18.4. The normalized spacial score (nSPS) is 17.2. The van der Waals surface area contributed by atoms with E-state index in [1.165, 1.54) is 12.8 Å². The van der Waals surface area contributed by atoms with Crippen LogP contribution in [0, 0.1) is 5.92 Å². The Morgan fingerprint density at radius 3 is 2.61 bits per heavy atom. The minimum atomic E-state index is -0.134. The van der Waals surface area contributed by atoms with Gasteiger partial charge in [-0.1, -0.05) is 6.07 Å². The van der Waals surface area contributed by atoms with Crippen LogP contribution in [0.3, 0.4) is 0 Å². The van der Waals surface area contributed by atoms with Gasteiger partial charge in [0.1, 0.15) is 0 Å². The van der Waals surface area contributed by atoms with Crippen LogP contribution in [0.15, 0.2) is 67.0 Å². The lowest BCUT2D eigenvalue weighted by Gasteiger charge is -2.26. The average Bonchev–Trinajstić information content (AvgIpc) is 3.69. The lowest BCUT2D eigenvalue weighted by atomic mass is 10.1. The smallest absolute Gasteiger partial charge is 0.205 e. The zero-order valence-electron chi connectivity index (χ0n) is 21.6. The fourth-order valence-electron chi connectivity index (χ4n) is 4.60. The molecule has 1 saturated carbocycles. The number of ether oxygens (including phenoxy) is 3. The van der Waals surface area contributed by atoms with E-state index in [-0.39, 0.29) is 6.23 Å². The summed E-state index contributed by atoms with van der Waals surface area (Å²) >= 11 is 0. The Hall–Kier alpha value is -3.98. The average molecular weight is 513 g/mol. The summed E-state index contributed by atoms with van der Waals surface area (Å²) in [5, 5.41) is 13.1. The number of anilines is 2. The molecule has 2 aliphatic rings. The van der Waals surface area contributed by atoms with Gasteiger partial charge in [0.2, 0.25) is 5.82 Å². The van der Waals surface area contributed by atoms with Crippen molar-refractivity contribution in [2.75, 3.05) is 25.2 Å². The first-order chi connectivity index (χ1) is 18.8. The standard InChI is InChI=1S/C29H32N6O3/c1-36-26-14-13-25(17-27(26)38-20-21-7-8-21)34(19-22-5-4-15-30-18-22)24-11-9-23(10-12-24)29-31-33-35(32-29)28-6-2-3-16-37-28/h4-5,9-15,17-18,21,28H,2-3,6-8,16,19-20H2,1H3. The van der Waals surface area contributed by atoms with Gasteiger partial charge in [-0.05, 0) is 91.3 Å². The molecule has 2 aromatic heterocycles. The van der Waals surface area contributed by atoms with Crippen LogP contribution >= 0.6 is 0 Å². The summed E-state index contributed by atoms with van der Waals surface area (Å²) in [6.07, 6.45) is 9.12. The molecule has 4 aromatic rings. The zero-order chi connectivity index (χ0) is 25.7. The van der Waals surface area contributed by atoms with E-state index in [0.717, 1.165) is 66.5 Å². The highest BCUT2D eigenvalue weighted by molar-refractivity contribution is 5.69. The van der Waals surface area contributed by atoms with Crippen molar-refractivity contribution in [2.24, 2.45) is 5.92 Å². The minimum absolute atomic E-state index is 0.134. The topological polar surface area (TPSA) is 87.4 Å². The molecule has 1 saturated heterocycles. The monoisotopic (exact) mass is 512 g/mol. The molecule has 2 fully saturated rings. The predicted octanol–water partition coefficient (Wildman–Crippen LogP) is 5.57. The van der Waals surface area contributed by atoms with Crippen LogP contribution < -0.4 is 14.4 Å². The van der Waals surface area contributed by atoms with Crippen LogP contribution in [0.1, 0.15) is 43.9 Å². The quantitative estimate of drug-likeness (QED) is 0.273. The van der Waals surface area contributed by atoms with Gasteiger partial charge in [0, 0.05) is 48.5 Å². The second-order valence-electron chi connectivity index (χ2n) is 9.84. The molecule has 38 heavy (non-hydrogen) atoms. The second-order valence-corrected chi connectivity index (χ2v) is 9.84. The number of hydrogen-bond donors (Lipinski definition) is 0. The van der Waals surface area contributed by atoms with Gasteiger partial charge in [0.05, 0.1) is 13.7 Å². The molecular formula is C29H32N6O3. The van der Waals surface area contributed by atoms with Crippen molar-refractivity contribution in [2.45, 2.75) is 44.9 Å². The van der Waals surface area contributed by atoms with E-state index >= 15 is 0 Å². The second kappa shape index (κ2) is 11.2. The van der Waals surface area contributed by atoms with Crippen LogP contribution in [-0.2, 0) is 11.3 Å². The molecule has 1 aliphatic carbocycles. The number of hydrogen-bond acceptors (Lipinski definition) is 8. The first kappa shape index (κ1) is 24.4. The summed E-state index contributed by atoms with van der Waals surface area (Å²) in [5.41, 5.74) is 4.04. The van der Waals surface area contributed by atoms with Crippen molar-refractivity contribution >= 4 is 11.4 Å². The summed E-state index contributed by atoms with van der Waals surface area (Å²) in [5.74, 6) is 2.74. The van der Waals surface area contributed by atoms with Crippen molar-refractivity contribution in [1.82, 2.24) is 25.2 Å². The van der Waals surface area contributed by atoms with E-state index in [1.807, 2.05) is 30.5 Å². The molecule has 0 spiro atoms. The third kappa shape index (κ3) is 5.62. The van der Waals surface area contributed by atoms with Crippen LogP contribution in [0.5, 0.6) is 11.5 Å². The van der Waals surface area contributed by atoms with Crippen molar-refractivity contribution in [3.8, 4) is 22.9 Å². The number of benzene rings is 2. The molecule has 2 aromatic carbocycles. The Labute approximate surface area is 222 Å². The minimum Gasteiger partial charge on any atom is -0.493 e. The lowest BCUT2D eigenvalue weighted by molar-refractivity contribution is -0.0488. The third-order valence-corrected chi connectivity index (χ3v) is 6.97. The zero-order valence-corrected chi connectivity index (χ0v) is 21.6. The van der Waals surface area contributed by atoms with Crippen molar-refractivity contribution in [1.29, 1.82) is 0 Å². The molecule has 0 radical (unpaired) electrons. The van der Waals surface area contributed by atoms with Gasteiger partial charge in [-0.2, -0.15) is 0 Å². The number of rotatable bonds is 10. The van der Waals surface area contributed by atoms with E-state index in [1.54, 1.807) is 18.1 Å². The highest BCUT2D eigenvalue weighted by Crippen LogP contribution is 2.38.